The molecule has 0 radical (unpaired) electrons. The maximum atomic E-state index is 13.2. The second-order valence-electron chi connectivity index (χ2n) is 8.45. The normalized spacial score (nSPS) is 28.5. The summed E-state index contributed by atoms with van der Waals surface area (Å²) in [6.45, 7) is 6.99. The summed E-state index contributed by atoms with van der Waals surface area (Å²) >= 11 is 0. The summed E-state index contributed by atoms with van der Waals surface area (Å²) in [6.07, 6.45) is 7.52. The lowest BCUT2D eigenvalue weighted by molar-refractivity contribution is -0.136. The van der Waals surface area contributed by atoms with E-state index in [1.165, 1.54) is 24.1 Å². The van der Waals surface area contributed by atoms with E-state index in [1.54, 1.807) is 0 Å². The van der Waals surface area contributed by atoms with Crippen molar-refractivity contribution in [2.45, 2.75) is 58.0 Å². The van der Waals surface area contributed by atoms with Gasteiger partial charge >= 0.3 is 0 Å². The van der Waals surface area contributed by atoms with E-state index in [4.69, 9.17) is 0 Å². The summed E-state index contributed by atoms with van der Waals surface area (Å²) in [4.78, 5) is 22.3. The fraction of sp³-hybridized carbons (Fsp3) is 0.650. The molecule has 0 spiro atoms. The Morgan fingerprint density at radius 1 is 1.31 bits per heavy atom. The molecule has 6 nitrogen and oxygen atoms in total. The standard InChI is InChI=1S/C20H27N5O/c1-13-4-3-7-23(11-13)12-20(26)24-15-5-6-17(24)16-10-21-19-8-14(2)22-25(19)18(16)9-15/h8,10,13,15,17H,3-7,9,11-12H2,1-2H3/t13-,15-,17-/m0/s1. The van der Waals surface area contributed by atoms with Gasteiger partial charge in [0.15, 0.2) is 5.65 Å². The van der Waals surface area contributed by atoms with Crippen molar-refractivity contribution in [2.75, 3.05) is 19.6 Å². The molecule has 5 heterocycles. The number of nitrogens with zero attached hydrogens (tertiary/aromatic N) is 5. The molecule has 0 aliphatic carbocycles. The molecule has 26 heavy (non-hydrogen) atoms. The number of hydrogen-bond acceptors (Lipinski definition) is 4. The molecule has 6 heteroatoms. The third-order valence-electron chi connectivity index (χ3n) is 6.42. The van der Waals surface area contributed by atoms with Crippen molar-refractivity contribution in [3.8, 4) is 0 Å². The summed E-state index contributed by atoms with van der Waals surface area (Å²) in [6, 6.07) is 2.52. The zero-order chi connectivity index (χ0) is 17.8. The highest BCUT2D eigenvalue weighted by molar-refractivity contribution is 5.80. The van der Waals surface area contributed by atoms with Crippen LogP contribution in [0.15, 0.2) is 12.3 Å². The average molecular weight is 353 g/mol. The molecule has 3 aliphatic heterocycles. The van der Waals surface area contributed by atoms with Gasteiger partial charge in [0, 0.05) is 36.8 Å². The van der Waals surface area contributed by atoms with E-state index in [0.717, 1.165) is 43.7 Å². The summed E-state index contributed by atoms with van der Waals surface area (Å²) in [7, 11) is 0. The van der Waals surface area contributed by atoms with Gasteiger partial charge < -0.3 is 4.90 Å². The molecule has 0 unspecified atom stereocenters. The molecule has 0 saturated carbocycles. The van der Waals surface area contributed by atoms with Crippen LogP contribution in [0.4, 0.5) is 0 Å². The van der Waals surface area contributed by atoms with Gasteiger partial charge in [0.05, 0.1) is 24.0 Å². The molecule has 2 fully saturated rings. The monoisotopic (exact) mass is 353 g/mol. The number of aromatic nitrogens is 3. The van der Waals surface area contributed by atoms with Gasteiger partial charge in [-0.25, -0.2) is 9.50 Å². The molecule has 3 atom stereocenters. The van der Waals surface area contributed by atoms with Crippen LogP contribution in [0.1, 0.15) is 55.6 Å². The van der Waals surface area contributed by atoms with Gasteiger partial charge in [-0.1, -0.05) is 6.92 Å². The number of carbonyl (C=O) groups excluding carboxylic acids is 1. The Kier molecular flexibility index (Phi) is 3.78. The van der Waals surface area contributed by atoms with Crippen LogP contribution in [0.3, 0.4) is 0 Å². The molecule has 2 aromatic heterocycles. The van der Waals surface area contributed by atoms with Crippen molar-refractivity contribution in [3.05, 3.63) is 29.2 Å². The average Bonchev–Trinajstić information content (AvgIpc) is 3.14. The van der Waals surface area contributed by atoms with E-state index in [9.17, 15) is 4.79 Å². The molecule has 0 aromatic carbocycles. The van der Waals surface area contributed by atoms with Crippen molar-refractivity contribution in [3.63, 3.8) is 0 Å². The molecule has 0 N–H and O–H groups in total. The summed E-state index contributed by atoms with van der Waals surface area (Å²) in [5, 5.41) is 4.64. The molecule has 3 aliphatic rings. The van der Waals surface area contributed by atoms with Crippen LogP contribution in [0.25, 0.3) is 5.65 Å². The quantitative estimate of drug-likeness (QED) is 0.832. The number of carbonyl (C=O) groups is 1. The van der Waals surface area contributed by atoms with Gasteiger partial charge in [-0.3, -0.25) is 9.69 Å². The Hall–Kier alpha value is -1.95. The van der Waals surface area contributed by atoms with Gasteiger partial charge in [0.2, 0.25) is 5.91 Å². The predicted octanol–water partition coefficient (Wildman–Crippen LogP) is 2.36. The Bertz CT molecular complexity index is 859. The molecular formula is C20H27N5O. The topological polar surface area (TPSA) is 53.7 Å². The highest BCUT2D eigenvalue weighted by Crippen LogP contribution is 2.43. The van der Waals surface area contributed by atoms with E-state index in [2.05, 4.69) is 26.8 Å². The number of likely N-dealkylation sites (tertiary alicyclic amines) is 1. The van der Waals surface area contributed by atoms with Crippen molar-refractivity contribution in [1.82, 2.24) is 24.4 Å². The summed E-state index contributed by atoms with van der Waals surface area (Å²) < 4.78 is 2.00. The SMILES string of the molecule is Cc1cc2ncc3c(n2n1)C[C@@H]1CC[C@@H]3N1C(=O)CN1CCC[C@H](C)C1. The van der Waals surface area contributed by atoms with Crippen LogP contribution < -0.4 is 0 Å². The van der Waals surface area contributed by atoms with Crippen LogP contribution in [0.2, 0.25) is 0 Å². The van der Waals surface area contributed by atoms with Gasteiger partial charge in [-0.2, -0.15) is 5.10 Å². The Labute approximate surface area is 154 Å². The third kappa shape index (κ3) is 2.54. The minimum atomic E-state index is 0.180. The molecule has 138 valence electrons. The second-order valence-corrected chi connectivity index (χ2v) is 8.45. The molecular weight excluding hydrogens is 326 g/mol. The van der Waals surface area contributed by atoms with Crippen LogP contribution in [-0.2, 0) is 11.2 Å². The predicted molar refractivity (Wildman–Crippen MR) is 98.9 cm³/mol. The summed E-state index contributed by atoms with van der Waals surface area (Å²) in [5.41, 5.74) is 4.37. The van der Waals surface area contributed by atoms with Crippen molar-refractivity contribution < 1.29 is 4.79 Å². The van der Waals surface area contributed by atoms with E-state index in [0.29, 0.717) is 24.4 Å². The number of rotatable bonds is 2. The first-order valence-electron chi connectivity index (χ1n) is 9.98. The van der Waals surface area contributed by atoms with Crippen molar-refractivity contribution in [1.29, 1.82) is 0 Å². The second kappa shape index (κ2) is 6.05. The lowest BCUT2D eigenvalue weighted by atomic mass is 9.98. The zero-order valence-corrected chi connectivity index (χ0v) is 15.7. The molecule has 2 aromatic rings. The first kappa shape index (κ1) is 16.2. The first-order chi connectivity index (χ1) is 12.6. The molecule has 1 amide bonds. The van der Waals surface area contributed by atoms with Crippen molar-refractivity contribution >= 4 is 11.6 Å². The van der Waals surface area contributed by atoms with Gasteiger partial charge in [0.25, 0.3) is 0 Å². The maximum Gasteiger partial charge on any atom is 0.237 e. The number of amides is 1. The fourth-order valence-corrected chi connectivity index (χ4v) is 5.28. The number of piperidine rings is 1. The fourth-order valence-electron chi connectivity index (χ4n) is 5.28. The zero-order valence-electron chi connectivity index (χ0n) is 15.7. The maximum absolute atomic E-state index is 13.2. The van der Waals surface area contributed by atoms with Crippen LogP contribution >= 0.6 is 0 Å². The lowest BCUT2D eigenvalue weighted by Crippen LogP contribution is -2.48. The van der Waals surface area contributed by atoms with Crippen LogP contribution in [0.5, 0.6) is 0 Å². The summed E-state index contributed by atoms with van der Waals surface area (Å²) in [5.74, 6) is 1.00. The van der Waals surface area contributed by atoms with Gasteiger partial charge in [-0.15, -0.1) is 0 Å². The minimum Gasteiger partial charge on any atom is -0.331 e. The Balaban J connectivity index is 1.42. The van der Waals surface area contributed by atoms with E-state index < -0.39 is 0 Å². The largest absolute Gasteiger partial charge is 0.331 e. The van der Waals surface area contributed by atoms with Crippen molar-refractivity contribution in [2.24, 2.45) is 5.92 Å². The van der Waals surface area contributed by atoms with E-state index in [1.807, 2.05) is 23.7 Å². The van der Waals surface area contributed by atoms with Gasteiger partial charge in [0.1, 0.15) is 0 Å². The lowest BCUT2D eigenvalue weighted by Gasteiger charge is -2.38. The highest BCUT2D eigenvalue weighted by atomic mass is 16.2. The first-order valence-corrected chi connectivity index (χ1v) is 9.98. The molecule has 2 bridgehead atoms. The number of aryl methyl sites for hydroxylation is 1. The molecule has 5 rings (SSSR count). The molecule has 2 saturated heterocycles. The smallest absolute Gasteiger partial charge is 0.237 e. The van der Waals surface area contributed by atoms with E-state index in [-0.39, 0.29) is 6.04 Å². The number of fused-ring (bicyclic) bond motifs is 6. The third-order valence-corrected chi connectivity index (χ3v) is 6.42. The van der Waals surface area contributed by atoms with Crippen LogP contribution in [-0.4, -0.2) is 56.0 Å². The highest BCUT2D eigenvalue weighted by Gasteiger charge is 2.44. The van der Waals surface area contributed by atoms with Gasteiger partial charge in [-0.05, 0) is 45.1 Å². The Morgan fingerprint density at radius 3 is 3.04 bits per heavy atom. The number of hydrogen-bond donors (Lipinski definition) is 0. The van der Waals surface area contributed by atoms with Crippen LogP contribution in [0, 0.1) is 12.8 Å². The Morgan fingerprint density at radius 2 is 2.19 bits per heavy atom. The minimum absolute atomic E-state index is 0.180. The van der Waals surface area contributed by atoms with E-state index >= 15 is 0 Å².